The van der Waals surface area contributed by atoms with E-state index in [2.05, 4.69) is 49.3 Å². The minimum absolute atomic E-state index is 0.0767. The molecule has 0 saturated carbocycles. The highest BCUT2D eigenvalue weighted by molar-refractivity contribution is 7.09. The standard InChI is InChI=1S/C18H23NOS/c1-18(2,3)16-11-21-17(19-16)10-15(20)14-8-7-12-5-4-6-13(12)9-14/h7-9,11,15,20H,4-6,10H2,1-3H3. The Bertz CT molecular complexity index is 639. The third-order valence-corrected chi connectivity index (χ3v) is 5.07. The molecular formula is C18H23NOS. The molecule has 0 spiro atoms. The van der Waals surface area contributed by atoms with Gasteiger partial charge in [-0.05, 0) is 36.0 Å². The van der Waals surface area contributed by atoms with Crippen molar-refractivity contribution in [2.75, 3.05) is 0 Å². The maximum atomic E-state index is 10.5. The van der Waals surface area contributed by atoms with Crippen molar-refractivity contribution in [3.8, 4) is 0 Å². The van der Waals surface area contributed by atoms with Gasteiger partial charge in [0.1, 0.15) is 0 Å². The first-order chi connectivity index (χ1) is 9.93. The predicted octanol–water partition coefficient (Wildman–Crippen LogP) is 4.21. The number of aliphatic hydroxyl groups excluding tert-OH is 1. The zero-order valence-corrected chi connectivity index (χ0v) is 13.8. The van der Waals surface area contributed by atoms with Crippen LogP contribution < -0.4 is 0 Å². The van der Waals surface area contributed by atoms with E-state index in [9.17, 15) is 5.11 Å². The molecule has 0 fully saturated rings. The number of fused-ring (bicyclic) bond motifs is 1. The van der Waals surface area contributed by atoms with E-state index in [1.165, 1.54) is 24.0 Å². The summed E-state index contributed by atoms with van der Waals surface area (Å²) in [6, 6.07) is 6.45. The maximum Gasteiger partial charge on any atom is 0.0957 e. The molecule has 2 aromatic rings. The van der Waals surface area contributed by atoms with Crippen LogP contribution in [-0.4, -0.2) is 10.1 Å². The van der Waals surface area contributed by atoms with Gasteiger partial charge in [0.2, 0.25) is 0 Å². The van der Waals surface area contributed by atoms with E-state index in [1.54, 1.807) is 11.3 Å². The first kappa shape index (κ1) is 14.7. The normalized spacial score (nSPS) is 16.0. The van der Waals surface area contributed by atoms with Gasteiger partial charge in [-0.25, -0.2) is 4.98 Å². The van der Waals surface area contributed by atoms with E-state index < -0.39 is 6.10 Å². The quantitative estimate of drug-likeness (QED) is 0.921. The lowest BCUT2D eigenvalue weighted by Crippen LogP contribution is -2.12. The zero-order chi connectivity index (χ0) is 15.0. The molecular weight excluding hydrogens is 278 g/mol. The van der Waals surface area contributed by atoms with Gasteiger partial charge in [0.25, 0.3) is 0 Å². The smallest absolute Gasteiger partial charge is 0.0957 e. The average Bonchev–Trinajstić information content (AvgIpc) is 3.04. The number of hydrogen-bond donors (Lipinski definition) is 1. The lowest BCUT2D eigenvalue weighted by Gasteiger charge is -2.14. The van der Waals surface area contributed by atoms with Crippen LogP contribution in [0.15, 0.2) is 23.6 Å². The summed E-state index contributed by atoms with van der Waals surface area (Å²) in [5.41, 5.74) is 5.09. The predicted molar refractivity (Wildman–Crippen MR) is 87.9 cm³/mol. The first-order valence-corrected chi connectivity index (χ1v) is 8.56. The van der Waals surface area contributed by atoms with Crippen molar-refractivity contribution in [2.24, 2.45) is 0 Å². The summed E-state index contributed by atoms with van der Waals surface area (Å²) < 4.78 is 0. The van der Waals surface area contributed by atoms with Crippen molar-refractivity contribution in [1.29, 1.82) is 0 Å². The maximum absolute atomic E-state index is 10.5. The Morgan fingerprint density at radius 2 is 2.00 bits per heavy atom. The van der Waals surface area contributed by atoms with E-state index in [-0.39, 0.29) is 5.41 Å². The van der Waals surface area contributed by atoms with Gasteiger partial charge < -0.3 is 5.11 Å². The van der Waals surface area contributed by atoms with Crippen molar-refractivity contribution < 1.29 is 5.11 Å². The van der Waals surface area contributed by atoms with Gasteiger partial charge >= 0.3 is 0 Å². The number of thiazole rings is 1. The number of hydrogen-bond acceptors (Lipinski definition) is 3. The van der Waals surface area contributed by atoms with Crippen LogP contribution in [0.3, 0.4) is 0 Å². The molecule has 1 aliphatic carbocycles. The van der Waals surface area contributed by atoms with Gasteiger partial charge in [-0.1, -0.05) is 39.0 Å². The molecule has 1 aromatic carbocycles. The Hall–Kier alpha value is -1.19. The van der Waals surface area contributed by atoms with Crippen molar-refractivity contribution in [3.05, 3.63) is 51.0 Å². The summed E-state index contributed by atoms with van der Waals surface area (Å²) in [6.07, 6.45) is 3.75. The summed E-state index contributed by atoms with van der Waals surface area (Å²) in [5.74, 6) is 0. The van der Waals surface area contributed by atoms with E-state index >= 15 is 0 Å². The SMILES string of the molecule is CC(C)(C)c1csc(CC(O)c2ccc3c(c2)CCC3)n1. The third kappa shape index (κ3) is 3.19. The van der Waals surface area contributed by atoms with Crippen LogP contribution in [0.25, 0.3) is 0 Å². The minimum Gasteiger partial charge on any atom is -0.388 e. The second kappa shape index (κ2) is 5.54. The van der Waals surface area contributed by atoms with Crippen LogP contribution >= 0.6 is 11.3 Å². The van der Waals surface area contributed by atoms with Gasteiger partial charge in [0.05, 0.1) is 16.8 Å². The highest BCUT2D eigenvalue weighted by Crippen LogP contribution is 2.29. The molecule has 1 N–H and O–H groups in total. The fourth-order valence-electron chi connectivity index (χ4n) is 2.83. The molecule has 1 atom stereocenters. The van der Waals surface area contributed by atoms with Crippen LogP contribution in [0, 0.1) is 0 Å². The van der Waals surface area contributed by atoms with Crippen molar-refractivity contribution in [2.45, 2.75) is 58.0 Å². The average molecular weight is 301 g/mol. The van der Waals surface area contributed by atoms with Gasteiger partial charge in [0.15, 0.2) is 0 Å². The monoisotopic (exact) mass is 301 g/mol. The van der Waals surface area contributed by atoms with E-state index in [4.69, 9.17) is 0 Å². The fraction of sp³-hybridized carbons (Fsp3) is 0.500. The number of nitrogens with zero attached hydrogens (tertiary/aromatic N) is 1. The highest BCUT2D eigenvalue weighted by Gasteiger charge is 2.20. The molecule has 112 valence electrons. The second-order valence-corrected chi connectivity index (χ2v) is 7.92. The largest absolute Gasteiger partial charge is 0.388 e. The number of aryl methyl sites for hydroxylation is 2. The first-order valence-electron chi connectivity index (χ1n) is 7.68. The minimum atomic E-state index is -0.449. The lowest BCUT2D eigenvalue weighted by atomic mass is 9.93. The number of benzene rings is 1. The molecule has 1 aromatic heterocycles. The second-order valence-electron chi connectivity index (χ2n) is 6.98. The van der Waals surface area contributed by atoms with E-state index in [0.717, 1.165) is 22.7 Å². The van der Waals surface area contributed by atoms with Gasteiger partial charge in [0, 0.05) is 17.2 Å². The molecule has 0 amide bonds. The zero-order valence-electron chi connectivity index (χ0n) is 13.0. The summed E-state index contributed by atoms with van der Waals surface area (Å²) in [4.78, 5) is 4.68. The fourth-order valence-corrected chi connectivity index (χ4v) is 3.89. The van der Waals surface area contributed by atoms with E-state index in [1.807, 2.05) is 0 Å². The topological polar surface area (TPSA) is 33.1 Å². The molecule has 21 heavy (non-hydrogen) atoms. The van der Waals surface area contributed by atoms with Gasteiger partial charge in [-0.3, -0.25) is 0 Å². The summed E-state index contributed by atoms with van der Waals surface area (Å²) in [5, 5.41) is 13.6. The van der Waals surface area contributed by atoms with Crippen LogP contribution in [-0.2, 0) is 24.7 Å². The molecule has 1 aliphatic rings. The van der Waals surface area contributed by atoms with Crippen LogP contribution in [0.4, 0.5) is 0 Å². The Balaban J connectivity index is 1.74. The summed E-state index contributed by atoms with van der Waals surface area (Å²) in [7, 11) is 0. The Morgan fingerprint density at radius 1 is 1.24 bits per heavy atom. The van der Waals surface area contributed by atoms with E-state index in [0.29, 0.717) is 6.42 Å². The number of aliphatic hydroxyl groups is 1. The molecule has 1 unspecified atom stereocenters. The molecule has 3 heteroatoms. The molecule has 2 nitrogen and oxygen atoms in total. The highest BCUT2D eigenvalue weighted by atomic mass is 32.1. The third-order valence-electron chi connectivity index (χ3n) is 4.20. The van der Waals surface area contributed by atoms with Crippen LogP contribution in [0.1, 0.15) is 60.7 Å². The van der Waals surface area contributed by atoms with Crippen LogP contribution in [0.2, 0.25) is 0 Å². The van der Waals surface area contributed by atoms with Crippen molar-refractivity contribution >= 4 is 11.3 Å². The molecule has 0 bridgehead atoms. The summed E-state index contributed by atoms with van der Waals surface area (Å²) in [6.45, 7) is 6.51. The van der Waals surface area contributed by atoms with Crippen molar-refractivity contribution in [3.63, 3.8) is 0 Å². The number of aromatic nitrogens is 1. The van der Waals surface area contributed by atoms with Gasteiger partial charge in [-0.15, -0.1) is 11.3 Å². The summed E-state index contributed by atoms with van der Waals surface area (Å²) >= 11 is 1.65. The lowest BCUT2D eigenvalue weighted by molar-refractivity contribution is 0.178. The number of rotatable bonds is 3. The molecule has 0 saturated heterocycles. The Labute approximate surface area is 130 Å². The molecule has 3 rings (SSSR count). The van der Waals surface area contributed by atoms with Crippen LogP contribution in [0.5, 0.6) is 0 Å². The van der Waals surface area contributed by atoms with Gasteiger partial charge in [-0.2, -0.15) is 0 Å². The Morgan fingerprint density at radius 3 is 2.71 bits per heavy atom. The molecule has 0 radical (unpaired) electrons. The van der Waals surface area contributed by atoms with Crippen molar-refractivity contribution in [1.82, 2.24) is 4.98 Å². The molecule has 0 aliphatic heterocycles. The Kier molecular flexibility index (Phi) is 3.89. The molecule has 1 heterocycles.